The molecule has 1 saturated carbocycles. The molecule has 2 fully saturated rings. The summed E-state index contributed by atoms with van der Waals surface area (Å²) in [4.78, 5) is 15.3. The van der Waals surface area contributed by atoms with Crippen LogP contribution < -0.4 is 5.73 Å². The third-order valence-electron chi connectivity index (χ3n) is 4.48. The van der Waals surface area contributed by atoms with Gasteiger partial charge in [0, 0.05) is 23.6 Å². The van der Waals surface area contributed by atoms with Crippen LogP contribution in [0.2, 0.25) is 0 Å². The minimum absolute atomic E-state index is 0.187. The van der Waals surface area contributed by atoms with Crippen LogP contribution in [-0.4, -0.2) is 39.4 Å². The highest BCUT2D eigenvalue weighted by atomic mass is 32.2. The molecule has 2 rings (SSSR count). The fourth-order valence-corrected chi connectivity index (χ4v) is 4.43. The van der Waals surface area contributed by atoms with E-state index in [9.17, 15) is 4.79 Å². The minimum Gasteiger partial charge on any atom is -0.392 e. The van der Waals surface area contributed by atoms with Crippen molar-refractivity contribution in [2.45, 2.75) is 50.8 Å². The lowest BCUT2D eigenvalue weighted by atomic mass is 9.84. The summed E-state index contributed by atoms with van der Waals surface area (Å²) < 4.78 is 0. The predicted molar refractivity (Wildman–Crippen MR) is 80.8 cm³/mol. The van der Waals surface area contributed by atoms with Crippen LogP contribution in [0.3, 0.4) is 0 Å². The lowest BCUT2D eigenvalue weighted by molar-refractivity contribution is -0.140. The zero-order valence-electron chi connectivity index (χ0n) is 11.1. The minimum atomic E-state index is -0.536. The number of carbonyl (C=O) groups is 1. The average Bonchev–Trinajstić information content (AvgIpc) is 2.82. The second-order valence-electron chi connectivity index (χ2n) is 5.47. The van der Waals surface area contributed by atoms with E-state index in [-0.39, 0.29) is 11.9 Å². The molecule has 2 unspecified atom stereocenters. The summed E-state index contributed by atoms with van der Waals surface area (Å²) in [6.45, 7) is 5.16. The largest absolute Gasteiger partial charge is 0.392 e. The first-order chi connectivity index (χ1) is 8.49. The molecule has 0 aromatic rings. The van der Waals surface area contributed by atoms with E-state index in [0.717, 1.165) is 38.0 Å². The van der Waals surface area contributed by atoms with Crippen molar-refractivity contribution >= 4 is 34.9 Å². The van der Waals surface area contributed by atoms with Crippen LogP contribution in [-0.2, 0) is 4.79 Å². The van der Waals surface area contributed by atoms with Gasteiger partial charge in [-0.15, -0.1) is 0 Å². The number of hydrogen-bond acceptors (Lipinski definition) is 3. The Balaban J connectivity index is 2.21. The molecule has 0 bridgehead atoms. The van der Waals surface area contributed by atoms with Gasteiger partial charge in [-0.25, -0.2) is 0 Å². The molecule has 5 heteroatoms. The lowest BCUT2D eigenvalue weighted by Gasteiger charge is -2.42. The molecular formula is C13H22N2OS2. The van der Waals surface area contributed by atoms with Crippen LogP contribution in [0.1, 0.15) is 39.5 Å². The van der Waals surface area contributed by atoms with Gasteiger partial charge in [-0.05, 0) is 19.8 Å². The fraction of sp³-hybridized carbons (Fsp3) is 0.846. The first-order valence-electron chi connectivity index (χ1n) is 6.71. The smallest absolute Gasteiger partial charge is 0.235 e. The van der Waals surface area contributed by atoms with E-state index in [1.807, 2.05) is 16.7 Å². The van der Waals surface area contributed by atoms with E-state index in [4.69, 9.17) is 18.0 Å². The maximum Gasteiger partial charge on any atom is 0.235 e. The van der Waals surface area contributed by atoms with Gasteiger partial charge < -0.3 is 10.6 Å². The summed E-state index contributed by atoms with van der Waals surface area (Å²) in [7, 11) is 0. The maximum atomic E-state index is 12.9. The van der Waals surface area contributed by atoms with E-state index < -0.39 is 5.41 Å². The summed E-state index contributed by atoms with van der Waals surface area (Å²) in [5.74, 6) is 1.21. The van der Waals surface area contributed by atoms with Crippen LogP contribution in [0.25, 0.3) is 0 Å². The van der Waals surface area contributed by atoms with Gasteiger partial charge in [0.1, 0.15) is 0 Å². The molecule has 2 N–H and O–H groups in total. The Morgan fingerprint density at radius 3 is 2.56 bits per heavy atom. The predicted octanol–water partition coefficient (Wildman–Crippen LogP) is 2.19. The number of rotatable bonds is 2. The summed E-state index contributed by atoms with van der Waals surface area (Å²) >= 11 is 7.15. The topological polar surface area (TPSA) is 46.3 Å². The molecule has 18 heavy (non-hydrogen) atoms. The SMILES string of the molecule is CC1SCCN(C(=O)C2(C(N)=S)CCCC2)C1C. The molecule has 1 saturated heterocycles. The highest BCUT2D eigenvalue weighted by Crippen LogP contribution is 2.41. The zero-order valence-corrected chi connectivity index (χ0v) is 12.8. The average molecular weight is 286 g/mol. The van der Waals surface area contributed by atoms with Crippen molar-refractivity contribution in [3.63, 3.8) is 0 Å². The van der Waals surface area contributed by atoms with Crippen molar-refractivity contribution in [3.05, 3.63) is 0 Å². The van der Waals surface area contributed by atoms with Crippen molar-refractivity contribution in [1.29, 1.82) is 0 Å². The van der Waals surface area contributed by atoms with Crippen molar-refractivity contribution in [2.24, 2.45) is 11.1 Å². The number of thiocarbonyl (C=S) groups is 1. The molecule has 1 amide bonds. The van der Waals surface area contributed by atoms with Gasteiger partial charge in [-0.3, -0.25) is 4.79 Å². The van der Waals surface area contributed by atoms with Crippen LogP contribution in [0.5, 0.6) is 0 Å². The molecule has 2 atom stereocenters. The number of carbonyl (C=O) groups excluding carboxylic acids is 1. The maximum absolute atomic E-state index is 12.9. The normalized spacial score (nSPS) is 31.3. The summed E-state index contributed by atoms with van der Waals surface area (Å²) in [5.41, 5.74) is 5.36. The first kappa shape index (κ1) is 14.1. The van der Waals surface area contributed by atoms with Crippen molar-refractivity contribution in [2.75, 3.05) is 12.3 Å². The Bertz CT molecular complexity index is 353. The van der Waals surface area contributed by atoms with Gasteiger partial charge >= 0.3 is 0 Å². The summed E-state index contributed by atoms with van der Waals surface area (Å²) in [6.07, 6.45) is 3.81. The molecule has 1 aliphatic carbocycles. The standard InChI is InChI=1S/C13H22N2OS2/c1-9-10(2)18-8-7-15(9)12(16)13(11(14)17)5-3-4-6-13/h9-10H,3-8H2,1-2H3,(H2,14,17). The number of hydrogen-bond donors (Lipinski definition) is 1. The van der Waals surface area contributed by atoms with Gasteiger partial charge in [0.2, 0.25) is 5.91 Å². The monoisotopic (exact) mass is 286 g/mol. The number of nitrogens with zero attached hydrogens (tertiary/aromatic N) is 1. The number of nitrogens with two attached hydrogens (primary N) is 1. The van der Waals surface area contributed by atoms with Crippen LogP contribution in [0.4, 0.5) is 0 Å². The second kappa shape index (κ2) is 5.37. The van der Waals surface area contributed by atoms with E-state index in [0.29, 0.717) is 10.2 Å². The second-order valence-corrected chi connectivity index (χ2v) is 7.39. The van der Waals surface area contributed by atoms with Crippen molar-refractivity contribution in [3.8, 4) is 0 Å². The van der Waals surface area contributed by atoms with E-state index in [1.165, 1.54) is 0 Å². The molecule has 3 nitrogen and oxygen atoms in total. The highest BCUT2D eigenvalue weighted by molar-refractivity contribution is 8.00. The van der Waals surface area contributed by atoms with Crippen LogP contribution >= 0.6 is 24.0 Å². The molecule has 0 aromatic heterocycles. The molecular weight excluding hydrogens is 264 g/mol. The third-order valence-corrected chi connectivity index (χ3v) is 6.21. The quantitative estimate of drug-likeness (QED) is 0.791. The molecule has 0 aromatic carbocycles. The Labute approximate surface area is 119 Å². The lowest BCUT2D eigenvalue weighted by Crippen LogP contribution is -2.56. The van der Waals surface area contributed by atoms with E-state index >= 15 is 0 Å². The molecule has 2 aliphatic rings. The van der Waals surface area contributed by atoms with Gasteiger partial charge in [-0.2, -0.15) is 11.8 Å². The number of amides is 1. The first-order valence-corrected chi connectivity index (χ1v) is 8.17. The van der Waals surface area contributed by atoms with Gasteiger partial charge in [0.15, 0.2) is 0 Å². The van der Waals surface area contributed by atoms with Crippen LogP contribution in [0, 0.1) is 5.41 Å². The van der Waals surface area contributed by atoms with Crippen molar-refractivity contribution in [1.82, 2.24) is 4.90 Å². The number of thioether (sulfide) groups is 1. The molecule has 1 aliphatic heterocycles. The Hall–Kier alpha value is -0.290. The molecule has 102 valence electrons. The Morgan fingerprint density at radius 2 is 2.00 bits per heavy atom. The van der Waals surface area contributed by atoms with Crippen LogP contribution in [0.15, 0.2) is 0 Å². The van der Waals surface area contributed by atoms with Gasteiger partial charge in [0.05, 0.1) is 10.4 Å². The zero-order chi connectivity index (χ0) is 13.3. The third kappa shape index (κ3) is 2.27. The highest BCUT2D eigenvalue weighted by Gasteiger charge is 2.47. The Morgan fingerprint density at radius 1 is 1.39 bits per heavy atom. The summed E-state index contributed by atoms with van der Waals surface area (Å²) in [5, 5.41) is 0.493. The molecule has 0 radical (unpaired) electrons. The van der Waals surface area contributed by atoms with Gasteiger partial charge in [-0.1, -0.05) is 32.0 Å². The summed E-state index contributed by atoms with van der Waals surface area (Å²) in [6, 6.07) is 0.281. The van der Waals surface area contributed by atoms with E-state index in [1.54, 1.807) is 0 Å². The fourth-order valence-electron chi connectivity index (χ4n) is 3.04. The van der Waals surface area contributed by atoms with Gasteiger partial charge in [0.25, 0.3) is 0 Å². The molecule has 1 heterocycles. The molecule has 0 spiro atoms. The Kier molecular flexibility index (Phi) is 4.22. The van der Waals surface area contributed by atoms with Crippen molar-refractivity contribution < 1.29 is 4.79 Å². The van der Waals surface area contributed by atoms with E-state index in [2.05, 4.69) is 13.8 Å².